The van der Waals surface area contributed by atoms with Crippen LogP contribution in [-0.2, 0) is 0 Å². The van der Waals surface area contributed by atoms with Crippen molar-refractivity contribution in [2.24, 2.45) is 0 Å². The van der Waals surface area contributed by atoms with Crippen molar-refractivity contribution in [1.82, 2.24) is 9.80 Å². The van der Waals surface area contributed by atoms with Crippen molar-refractivity contribution in [3.05, 3.63) is 34.3 Å². The minimum absolute atomic E-state index is 0.0503. The number of benzene rings is 1. The summed E-state index contributed by atoms with van der Waals surface area (Å²) in [6, 6.07) is 7.49. The molecule has 0 saturated carbocycles. The van der Waals surface area contributed by atoms with Crippen LogP contribution in [0.3, 0.4) is 0 Å². The first kappa shape index (κ1) is 13.2. The third kappa shape index (κ3) is 3.61. The van der Waals surface area contributed by atoms with E-state index in [1.165, 1.54) is 0 Å². The normalized spacial score (nSPS) is 10.6. The maximum Gasteiger partial charge on any atom is 0.254 e. The highest BCUT2D eigenvalue weighted by Crippen LogP contribution is 2.17. The first-order chi connectivity index (χ1) is 7.52. The predicted molar refractivity (Wildman–Crippen MR) is 69.7 cm³/mol. The smallest absolute Gasteiger partial charge is 0.254 e. The molecule has 16 heavy (non-hydrogen) atoms. The number of hydrogen-bond donors (Lipinski definition) is 0. The Labute approximate surface area is 105 Å². The topological polar surface area (TPSA) is 23.6 Å². The fraction of sp³-hybridized carbons (Fsp3) is 0.417. The van der Waals surface area contributed by atoms with Crippen molar-refractivity contribution in [1.29, 1.82) is 0 Å². The van der Waals surface area contributed by atoms with E-state index in [4.69, 9.17) is 0 Å². The molecule has 0 bridgehead atoms. The molecule has 1 aromatic carbocycles. The number of amides is 1. The maximum absolute atomic E-state index is 12.1. The molecule has 0 aromatic heterocycles. The molecule has 88 valence electrons. The summed E-state index contributed by atoms with van der Waals surface area (Å²) in [5.41, 5.74) is 0.712. The second-order valence-corrected chi connectivity index (χ2v) is 4.86. The Hall–Kier alpha value is -0.870. The van der Waals surface area contributed by atoms with Gasteiger partial charge in [-0.05, 0) is 42.2 Å². The lowest BCUT2D eigenvalue weighted by Crippen LogP contribution is -2.33. The standard InChI is InChI=1S/C12H17BrN2O/c1-14(2)8-9-15(3)12(16)10-6-4-5-7-11(10)13/h4-7H,8-9H2,1-3H3. The molecule has 0 fully saturated rings. The molecule has 1 aromatic rings. The summed E-state index contributed by atoms with van der Waals surface area (Å²) in [4.78, 5) is 15.9. The van der Waals surface area contributed by atoms with Gasteiger partial charge in [-0.25, -0.2) is 0 Å². The molecular weight excluding hydrogens is 268 g/mol. The molecule has 3 nitrogen and oxygen atoms in total. The van der Waals surface area contributed by atoms with E-state index in [-0.39, 0.29) is 5.91 Å². The molecule has 1 amide bonds. The Kier molecular flexibility index (Phi) is 4.96. The van der Waals surface area contributed by atoms with Crippen molar-refractivity contribution >= 4 is 21.8 Å². The molecule has 0 saturated heterocycles. The second kappa shape index (κ2) is 6.01. The number of rotatable bonds is 4. The van der Waals surface area contributed by atoms with Crippen LogP contribution in [0.1, 0.15) is 10.4 Å². The third-order valence-corrected chi connectivity index (χ3v) is 3.03. The minimum atomic E-state index is 0.0503. The lowest BCUT2D eigenvalue weighted by atomic mass is 10.2. The molecule has 0 heterocycles. The zero-order valence-electron chi connectivity index (χ0n) is 9.90. The van der Waals surface area contributed by atoms with Gasteiger partial charge in [-0.2, -0.15) is 0 Å². The first-order valence-corrected chi connectivity index (χ1v) is 5.96. The maximum atomic E-state index is 12.1. The van der Waals surface area contributed by atoms with E-state index in [1.54, 1.807) is 4.90 Å². The van der Waals surface area contributed by atoms with Crippen LogP contribution < -0.4 is 0 Å². The highest BCUT2D eigenvalue weighted by atomic mass is 79.9. The van der Waals surface area contributed by atoms with Gasteiger partial charge in [-0.1, -0.05) is 12.1 Å². The average molecular weight is 285 g/mol. The molecule has 0 aliphatic rings. The van der Waals surface area contributed by atoms with E-state index in [1.807, 2.05) is 45.4 Å². The van der Waals surface area contributed by atoms with Crippen LogP contribution in [0.15, 0.2) is 28.7 Å². The zero-order chi connectivity index (χ0) is 12.1. The Morgan fingerprint density at radius 1 is 1.19 bits per heavy atom. The van der Waals surface area contributed by atoms with Crippen molar-refractivity contribution < 1.29 is 4.79 Å². The van der Waals surface area contributed by atoms with Gasteiger partial charge in [-0.3, -0.25) is 4.79 Å². The summed E-state index contributed by atoms with van der Waals surface area (Å²) in [6.07, 6.45) is 0. The lowest BCUT2D eigenvalue weighted by Gasteiger charge is -2.20. The third-order valence-electron chi connectivity index (χ3n) is 2.33. The number of halogens is 1. The van der Waals surface area contributed by atoms with Gasteiger partial charge in [0.25, 0.3) is 5.91 Å². The van der Waals surface area contributed by atoms with Crippen LogP contribution in [0.4, 0.5) is 0 Å². The molecule has 0 spiro atoms. The van der Waals surface area contributed by atoms with Crippen molar-refractivity contribution in [3.8, 4) is 0 Å². The highest BCUT2D eigenvalue weighted by Gasteiger charge is 2.13. The molecule has 0 atom stereocenters. The van der Waals surface area contributed by atoms with E-state index in [2.05, 4.69) is 20.8 Å². The van der Waals surface area contributed by atoms with Crippen molar-refractivity contribution in [2.75, 3.05) is 34.2 Å². The number of carbonyl (C=O) groups excluding carboxylic acids is 1. The number of likely N-dealkylation sites (N-methyl/N-ethyl adjacent to an activating group) is 2. The largest absolute Gasteiger partial charge is 0.340 e. The second-order valence-electron chi connectivity index (χ2n) is 4.01. The van der Waals surface area contributed by atoms with Crippen LogP contribution in [0.5, 0.6) is 0 Å². The SMILES string of the molecule is CN(C)CCN(C)C(=O)c1ccccc1Br. The van der Waals surface area contributed by atoms with E-state index in [0.717, 1.165) is 17.6 Å². The molecule has 0 aliphatic carbocycles. The van der Waals surface area contributed by atoms with Crippen LogP contribution in [0.25, 0.3) is 0 Å². The summed E-state index contributed by atoms with van der Waals surface area (Å²) >= 11 is 3.39. The summed E-state index contributed by atoms with van der Waals surface area (Å²) < 4.78 is 0.844. The number of hydrogen-bond acceptors (Lipinski definition) is 2. The molecule has 0 unspecified atom stereocenters. The predicted octanol–water partition coefficient (Wildman–Crippen LogP) is 2.08. The summed E-state index contributed by atoms with van der Waals surface area (Å²) in [7, 11) is 5.82. The number of nitrogens with zero attached hydrogens (tertiary/aromatic N) is 2. The quantitative estimate of drug-likeness (QED) is 0.845. The molecular formula is C12H17BrN2O. The summed E-state index contributed by atoms with van der Waals surface area (Å²) in [5, 5.41) is 0. The Balaban J connectivity index is 2.67. The molecule has 1 rings (SSSR count). The van der Waals surface area contributed by atoms with Crippen LogP contribution >= 0.6 is 15.9 Å². The van der Waals surface area contributed by atoms with Crippen LogP contribution in [0.2, 0.25) is 0 Å². The van der Waals surface area contributed by atoms with Gasteiger partial charge >= 0.3 is 0 Å². The van der Waals surface area contributed by atoms with Gasteiger partial charge in [-0.15, -0.1) is 0 Å². The van der Waals surface area contributed by atoms with E-state index in [9.17, 15) is 4.79 Å². The van der Waals surface area contributed by atoms with Gasteiger partial charge in [0, 0.05) is 24.6 Å². The molecule has 0 N–H and O–H groups in total. The Morgan fingerprint density at radius 3 is 2.38 bits per heavy atom. The minimum Gasteiger partial charge on any atom is -0.340 e. The molecule has 0 radical (unpaired) electrons. The van der Waals surface area contributed by atoms with Gasteiger partial charge in [0.05, 0.1) is 5.56 Å². The van der Waals surface area contributed by atoms with Crippen molar-refractivity contribution in [3.63, 3.8) is 0 Å². The fourth-order valence-corrected chi connectivity index (χ4v) is 1.75. The van der Waals surface area contributed by atoms with Crippen LogP contribution in [-0.4, -0.2) is 49.9 Å². The fourth-order valence-electron chi connectivity index (χ4n) is 1.29. The Bertz CT molecular complexity index is 366. The number of carbonyl (C=O) groups is 1. The van der Waals surface area contributed by atoms with E-state index in [0.29, 0.717) is 5.56 Å². The van der Waals surface area contributed by atoms with Crippen molar-refractivity contribution in [2.45, 2.75) is 0 Å². The summed E-state index contributed by atoms with van der Waals surface area (Å²) in [6.45, 7) is 1.60. The monoisotopic (exact) mass is 284 g/mol. The zero-order valence-corrected chi connectivity index (χ0v) is 11.5. The van der Waals surface area contributed by atoms with Gasteiger partial charge < -0.3 is 9.80 Å². The van der Waals surface area contributed by atoms with E-state index < -0.39 is 0 Å². The lowest BCUT2D eigenvalue weighted by molar-refractivity contribution is 0.0785. The van der Waals surface area contributed by atoms with Gasteiger partial charge in [0.2, 0.25) is 0 Å². The van der Waals surface area contributed by atoms with Gasteiger partial charge in [0.1, 0.15) is 0 Å². The molecule has 0 aliphatic heterocycles. The average Bonchev–Trinajstić information content (AvgIpc) is 2.25. The Morgan fingerprint density at radius 2 is 1.81 bits per heavy atom. The molecule has 4 heteroatoms. The van der Waals surface area contributed by atoms with E-state index >= 15 is 0 Å². The van der Waals surface area contributed by atoms with Crippen LogP contribution in [0, 0.1) is 0 Å². The highest BCUT2D eigenvalue weighted by molar-refractivity contribution is 9.10. The van der Waals surface area contributed by atoms with Gasteiger partial charge in [0.15, 0.2) is 0 Å². The summed E-state index contributed by atoms with van der Waals surface area (Å²) in [5.74, 6) is 0.0503. The first-order valence-electron chi connectivity index (χ1n) is 5.17.